The highest BCUT2D eigenvalue weighted by molar-refractivity contribution is 6.30. The molecule has 0 saturated carbocycles. The van der Waals surface area contributed by atoms with Crippen LogP contribution in [0.3, 0.4) is 0 Å². The largest absolute Gasteiger partial charge is 0.392 e. The van der Waals surface area contributed by atoms with Gasteiger partial charge in [-0.05, 0) is 76.9 Å². The number of aliphatic hydroxyl groups is 2. The molecular formula is C41H46ClN3O7. The Labute approximate surface area is 309 Å². The Morgan fingerprint density at radius 3 is 2.23 bits per heavy atom. The number of likely N-dealkylation sites (tertiary alicyclic amines) is 1. The summed E-state index contributed by atoms with van der Waals surface area (Å²) in [5, 5.41) is 33.2. The van der Waals surface area contributed by atoms with Gasteiger partial charge in [0.2, 0.25) is 11.8 Å². The topological polar surface area (TPSA) is 141 Å². The number of amides is 2. The molecular weight excluding hydrogens is 682 g/mol. The third-order valence-corrected chi connectivity index (χ3v) is 10.2. The molecule has 0 bridgehead atoms. The first kappa shape index (κ1) is 37.6. The number of ether oxygens (including phenoxy) is 2. The summed E-state index contributed by atoms with van der Waals surface area (Å²) >= 11 is 6.09. The molecule has 0 radical (unpaired) electrons. The Balaban J connectivity index is 1.14. The number of rotatable bonds is 13. The Morgan fingerprint density at radius 2 is 1.52 bits per heavy atom. The van der Waals surface area contributed by atoms with Crippen LogP contribution in [0.2, 0.25) is 5.02 Å². The standard InChI is InChI=1S/C41H46ClN3O7/c42-35-16-14-34(15-17-35)41(49)18-20-45(21-19-41)26-36-24-37(30-12-10-28(27-46)11-13-30)52-40(51-36)33-7-2-6-32(23-33)31-5-1-4-29(22-31)25-43-38(47)8-3-9-39(48)44-50/h1-2,4-7,10-17,22-23,36-37,40,46,49-50H,3,8-9,18-21,24-27H2,(H,43,47)(H,44,48). The van der Waals surface area contributed by atoms with Crippen LogP contribution >= 0.6 is 11.6 Å². The van der Waals surface area contributed by atoms with Gasteiger partial charge in [0.1, 0.15) is 0 Å². The van der Waals surface area contributed by atoms with E-state index in [2.05, 4.69) is 16.3 Å². The van der Waals surface area contributed by atoms with Crippen LogP contribution in [0.1, 0.15) is 78.7 Å². The summed E-state index contributed by atoms with van der Waals surface area (Å²) in [6.45, 7) is 2.48. The first-order chi connectivity index (χ1) is 25.2. The van der Waals surface area contributed by atoms with E-state index >= 15 is 0 Å². The molecule has 10 nitrogen and oxygen atoms in total. The maximum Gasteiger partial charge on any atom is 0.243 e. The number of piperidine rings is 1. The zero-order valence-corrected chi connectivity index (χ0v) is 29.8. The van der Waals surface area contributed by atoms with Crippen molar-refractivity contribution in [2.45, 2.75) is 75.8 Å². The van der Waals surface area contributed by atoms with Gasteiger partial charge in [0.05, 0.1) is 24.4 Å². The van der Waals surface area contributed by atoms with Gasteiger partial charge in [-0.3, -0.25) is 14.8 Å². The molecule has 52 heavy (non-hydrogen) atoms. The van der Waals surface area contributed by atoms with Crippen LogP contribution in [0.15, 0.2) is 97.1 Å². The van der Waals surface area contributed by atoms with Crippen LogP contribution in [0.25, 0.3) is 11.1 Å². The van der Waals surface area contributed by atoms with E-state index in [0.29, 0.717) is 43.8 Å². The van der Waals surface area contributed by atoms with Crippen LogP contribution in [-0.4, -0.2) is 57.9 Å². The fourth-order valence-corrected chi connectivity index (χ4v) is 7.08. The van der Waals surface area contributed by atoms with E-state index in [9.17, 15) is 19.8 Å². The maximum absolute atomic E-state index is 12.3. The van der Waals surface area contributed by atoms with Gasteiger partial charge in [0.15, 0.2) is 6.29 Å². The monoisotopic (exact) mass is 727 g/mol. The second-order valence-corrected chi connectivity index (χ2v) is 14.1. The molecule has 6 rings (SSSR count). The Morgan fingerprint density at radius 1 is 0.827 bits per heavy atom. The van der Waals surface area contributed by atoms with E-state index < -0.39 is 17.8 Å². The first-order valence-electron chi connectivity index (χ1n) is 17.8. The Bertz CT molecular complexity index is 1800. The minimum Gasteiger partial charge on any atom is -0.392 e. The van der Waals surface area contributed by atoms with Crippen molar-refractivity contribution in [1.82, 2.24) is 15.7 Å². The van der Waals surface area contributed by atoms with Gasteiger partial charge in [-0.1, -0.05) is 84.4 Å². The number of benzene rings is 4. The zero-order chi connectivity index (χ0) is 36.5. The minimum absolute atomic E-state index is 0.0244. The molecule has 2 fully saturated rings. The summed E-state index contributed by atoms with van der Waals surface area (Å²) < 4.78 is 13.3. The lowest BCUT2D eigenvalue weighted by atomic mass is 9.84. The summed E-state index contributed by atoms with van der Waals surface area (Å²) in [5.41, 5.74) is 7.23. The number of hydrogen-bond acceptors (Lipinski definition) is 8. The van der Waals surface area contributed by atoms with Gasteiger partial charge < -0.3 is 29.9 Å². The lowest BCUT2D eigenvalue weighted by Crippen LogP contribution is -2.46. The van der Waals surface area contributed by atoms with Crippen molar-refractivity contribution in [3.63, 3.8) is 0 Å². The van der Waals surface area contributed by atoms with Gasteiger partial charge in [-0.25, -0.2) is 5.48 Å². The van der Waals surface area contributed by atoms with Crippen LogP contribution in [-0.2, 0) is 37.8 Å². The van der Waals surface area contributed by atoms with Crippen molar-refractivity contribution in [1.29, 1.82) is 0 Å². The molecule has 2 aliphatic rings. The summed E-state index contributed by atoms with van der Waals surface area (Å²) in [6, 6.07) is 31.4. The van der Waals surface area contributed by atoms with Crippen molar-refractivity contribution >= 4 is 23.4 Å². The molecule has 2 amide bonds. The molecule has 2 heterocycles. The lowest BCUT2D eigenvalue weighted by Gasteiger charge is -2.42. The van der Waals surface area contributed by atoms with E-state index in [1.807, 2.05) is 91.0 Å². The SMILES string of the molecule is O=C(CCCC(=O)NCc1cccc(-c2cccc(C3OC(CN4CCC(O)(c5ccc(Cl)cc5)CC4)CC(c4ccc(CO)cc4)O3)c2)c1)NO. The smallest absolute Gasteiger partial charge is 0.243 e. The highest BCUT2D eigenvalue weighted by atomic mass is 35.5. The Kier molecular flexibility index (Phi) is 12.7. The quantitative estimate of drug-likeness (QED) is 0.0797. The number of hydrogen-bond donors (Lipinski definition) is 5. The van der Waals surface area contributed by atoms with E-state index in [1.54, 1.807) is 5.48 Å². The van der Waals surface area contributed by atoms with Gasteiger partial charge in [0, 0.05) is 56.0 Å². The number of halogens is 1. The first-order valence-corrected chi connectivity index (χ1v) is 18.2. The summed E-state index contributed by atoms with van der Waals surface area (Å²) in [4.78, 5) is 25.9. The molecule has 5 N–H and O–H groups in total. The van der Waals surface area contributed by atoms with Gasteiger partial charge >= 0.3 is 0 Å². The lowest BCUT2D eigenvalue weighted by molar-refractivity contribution is -0.253. The third-order valence-electron chi connectivity index (χ3n) is 9.98. The van der Waals surface area contributed by atoms with Crippen LogP contribution in [0, 0.1) is 0 Å². The molecule has 0 spiro atoms. The zero-order valence-electron chi connectivity index (χ0n) is 29.0. The highest BCUT2D eigenvalue weighted by Gasteiger charge is 2.37. The van der Waals surface area contributed by atoms with Gasteiger partial charge in [-0.2, -0.15) is 0 Å². The average Bonchev–Trinajstić information content (AvgIpc) is 3.18. The number of hydroxylamine groups is 1. The number of carbonyl (C=O) groups excluding carboxylic acids is 2. The van der Waals surface area contributed by atoms with E-state index in [-0.39, 0.29) is 37.6 Å². The van der Waals surface area contributed by atoms with Crippen molar-refractivity contribution < 1.29 is 34.5 Å². The van der Waals surface area contributed by atoms with E-state index in [0.717, 1.165) is 52.0 Å². The van der Waals surface area contributed by atoms with Gasteiger partial charge in [0.25, 0.3) is 0 Å². The van der Waals surface area contributed by atoms with Crippen LogP contribution < -0.4 is 10.8 Å². The number of nitrogens with zero attached hydrogens (tertiary/aromatic N) is 1. The second kappa shape index (κ2) is 17.6. The van der Waals surface area contributed by atoms with Crippen LogP contribution in [0.4, 0.5) is 0 Å². The predicted octanol–water partition coefficient (Wildman–Crippen LogP) is 6.32. The summed E-state index contributed by atoms with van der Waals surface area (Å²) in [5.74, 6) is -0.678. The van der Waals surface area contributed by atoms with Crippen molar-refractivity contribution in [3.8, 4) is 11.1 Å². The fraction of sp³-hybridized carbons (Fsp3) is 0.366. The number of aliphatic hydroxyl groups excluding tert-OH is 1. The van der Waals surface area contributed by atoms with E-state index in [4.69, 9.17) is 26.3 Å². The number of carbonyl (C=O) groups is 2. The van der Waals surface area contributed by atoms with Crippen molar-refractivity contribution in [2.24, 2.45) is 0 Å². The molecule has 274 valence electrons. The van der Waals surface area contributed by atoms with E-state index in [1.165, 1.54) is 0 Å². The third kappa shape index (κ3) is 9.84. The molecule has 11 heteroatoms. The molecule has 0 aromatic heterocycles. The minimum atomic E-state index is -0.888. The molecule has 4 aromatic carbocycles. The predicted molar refractivity (Wildman–Crippen MR) is 197 cm³/mol. The molecule has 0 aliphatic carbocycles. The van der Waals surface area contributed by atoms with Crippen molar-refractivity contribution in [2.75, 3.05) is 19.6 Å². The average molecular weight is 728 g/mol. The number of nitrogens with one attached hydrogen (secondary N) is 2. The van der Waals surface area contributed by atoms with Gasteiger partial charge in [-0.15, -0.1) is 0 Å². The molecule has 3 atom stereocenters. The fourth-order valence-electron chi connectivity index (χ4n) is 6.96. The molecule has 2 saturated heterocycles. The summed E-state index contributed by atoms with van der Waals surface area (Å²) in [7, 11) is 0. The molecule has 3 unspecified atom stereocenters. The summed E-state index contributed by atoms with van der Waals surface area (Å²) in [6.07, 6.45) is 1.53. The van der Waals surface area contributed by atoms with Crippen molar-refractivity contribution in [3.05, 3.63) is 130 Å². The normalized spacial score (nSPS) is 20.3. The molecule has 2 aliphatic heterocycles. The Hall–Kier alpha value is -4.13. The second-order valence-electron chi connectivity index (χ2n) is 13.7. The highest BCUT2D eigenvalue weighted by Crippen LogP contribution is 2.40. The van der Waals surface area contributed by atoms with Crippen LogP contribution in [0.5, 0.6) is 0 Å². The molecule has 4 aromatic rings. The maximum atomic E-state index is 12.3.